The first kappa shape index (κ1) is 23.0. The maximum atomic E-state index is 12.7. The van der Waals surface area contributed by atoms with Gasteiger partial charge in [0.15, 0.2) is 6.61 Å². The summed E-state index contributed by atoms with van der Waals surface area (Å²) in [6.45, 7) is 1.31. The van der Waals surface area contributed by atoms with Crippen molar-refractivity contribution < 1.29 is 29.0 Å². The van der Waals surface area contributed by atoms with Crippen molar-refractivity contribution in [3.63, 3.8) is 0 Å². The lowest BCUT2D eigenvalue weighted by molar-refractivity contribution is -0.163. The number of esters is 1. The van der Waals surface area contributed by atoms with Crippen molar-refractivity contribution in [2.24, 2.45) is 5.16 Å². The lowest BCUT2D eigenvalue weighted by Gasteiger charge is -2.34. The van der Waals surface area contributed by atoms with Crippen LogP contribution in [0.4, 0.5) is 0 Å². The Balaban J connectivity index is 1.77. The zero-order chi connectivity index (χ0) is 24.0. The minimum Gasteiger partial charge on any atom is -0.482 e. The van der Waals surface area contributed by atoms with Crippen LogP contribution in [0.25, 0.3) is 0 Å². The van der Waals surface area contributed by atoms with Gasteiger partial charge < -0.3 is 19.4 Å². The summed E-state index contributed by atoms with van der Waals surface area (Å²) in [7, 11) is 0. The van der Waals surface area contributed by atoms with Gasteiger partial charge in [0.05, 0.1) is 0 Å². The van der Waals surface area contributed by atoms with E-state index in [4.69, 9.17) is 19.4 Å². The summed E-state index contributed by atoms with van der Waals surface area (Å²) in [6, 6.07) is 26.1. The van der Waals surface area contributed by atoms with Crippen LogP contribution in [0.5, 0.6) is 5.75 Å². The first-order valence-corrected chi connectivity index (χ1v) is 11.0. The fourth-order valence-corrected chi connectivity index (χ4v) is 4.01. The molecule has 1 N–H and O–H groups in total. The van der Waals surface area contributed by atoms with E-state index in [9.17, 15) is 9.59 Å². The fraction of sp³-hybridized carbons (Fsp3) is 0.222. The number of nitrogens with zero attached hydrogens (tertiary/aromatic N) is 1. The molecule has 3 aromatic rings. The largest absolute Gasteiger partial charge is 0.482 e. The van der Waals surface area contributed by atoms with Crippen LogP contribution in [-0.4, -0.2) is 29.4 Å². The van der Waals surface area contributed by atoms with Crippen LogP contribution in [0.15, 0.2) is 90.1 Å². The van der Waals surface area contributed by atoms with E-state index < -0.39 is 24.3 Å². The lowest BCUT2D eigenvalue weighted by Crippen LogP contribution is -2.43. The van der Waals surface area contributed by atoms with Crippen LogP contribution in [0.1, 0.15) is 36.1 Å². The van der Waals surface area contributed by atoms with Crippen molar-refractivity contribution >= 4 is 17.7 Å². The van der Waals surface area contributed by atoms with Gasteiger partial charge >= 0.3 is 11.9 Å². The van der Waals surface area contributed by atoms with Gasteiger partial charge in [0.1, 0.15) is 11.5 Å². The van der Waals surface area contributed by atoms with E-state index in [1.165, 1.54) is 0 Å². The Morgan fingerprint density at radius 3 is 2.38 bits per heavy atom. The molecule has 0 fully saturated rings. The molecule has 0 saturated carbocycles. The second kappa shape index (κ2) is 10.2. The highest BCUT2D eigenvalue weighted by molar-refractivity contribution is 5.98. The number of oxime groups is 1. The van der Waals surface area contributed by atoms with Crippen molar-refractivity contribution in [1.29, 1.82) is 0 Å². The first-order valence-electron chi connectivity index (χ1n) is 11.0. The van der Waals surface area contributed by atoms with Gasteiger partial charge in [-0.1, -0.05) is 84.9 Å². The maximum Gasteiger partial charge on any atom is 0.341 e. The standard InChI is InChI=1S/C27H25NO6/c1-2-25(31)33-27(21-13-7-4-8-14-21)23(28-34-26(27)20-11-5-3-6-12-20)17-19-10-9-15-22(16-19)32-18-24(29)30/h3-16,26H,2,17-18H2,1H3,(H,29,30). The number of carbonyl (C=O) groups excluding carboxylic acids is 1. The van der Waals surface area contributed by atoms with Crippen LogP contribution in [0, 0.1) is 0 Å². The van der Waals surface area contributed by atoms with E-state index in [0.29, 0.717) is 17.9 Å². The van der Waals surface area contributed by atoms with E-state index in [-0.39, 0.29) is 12.4 Å². The molecule has 0 aliphatic carbocycles. The number of hydrogen-bond acceptors (Lipinski definition) is 6. The second-order valence-corrected chi connectivity index (χ2v) is 7.87. The van der Waals surface area contributed by atoms with Crippen molar-refractivity contribution in [2.75, 3.05) is 6.61 Å². The molecule has 0 bridgehead atoms. The van der Waals surface area contributed by atoms with E-state index in [2.05, 4.69) is 5.16 Å². The van der Waals surface area contributed by atoms with Crippen LogP contribution in [-0.2, 0) is 31.2 Å². The topological polar surface area (TPSA) is 94.4 Å². The molecular formula is C27H25NO6. The van der Waals surface area contributed by atoms with Gasteiger partial charge in [-0.25, -0.2) is 4.79 Å². The minimum absolute atomic E-state index is 0.196. The van der Waals surface area contributed by atoms with Gasteiger partial charge in [0, 0.05) is 18.4 Å². The summed E-state index contributed by atoms with van der Waals surface area (Å²) in [5.41, 5.74) is 1.65. The molecule has 1 aliphatic heterocycles. The van der Waals surface area contributed by atoms with Gasteiger partial charge in [-0.15, -0.1) is 0 Å². The van der Waals surface area contributed by atoms with Crippen LogP contribution in [0.3, 0.4) is 0 Å². The minimum atomic E-state index is -1.27. The number of carboxylic acid groups (broad SMARTS) is 1. The molecule has 1 aliphatic rings. The molecule has 0 spiro atoms. The van der Waals surface area contributed by atoms with Gasteiger partial charge in [0.2, 0.25) is 11.7 Å². The molecular weight excluding hydrogens is 434 g/mol. The smallest absolute Gasteiger partial charge is 0.341 e. The van der Waals surface area contributed by atoms with E-state index >= 15 is 0 Å². The molecule has 2 atom stereocenters. The summed E-state index contributed by atoms with van der Waals surface area (Å²) >= 11 is 0. The number of aliphatic carboxylic acids is 1. The molecule has 0 saturated heterocycles. The third kappa shape index (κ3) is 4.78. The molecule has 7 heteroatoms. The number of benzene rings is 3. The Morgan fingerprint density at radius 2 is 1.71 bits per heavy atom. The first-order chi connectivity index (χ1) is 16.5. The highest BCUT2D eigenvalue weighted by Gasteiger charge is 2.55. The average molecular weight is 459 g/mol. The summed E-state index contributed by atoms with van der Waals surface area (Å²) in [5.74, 6) is -1.00. The summed E-state index contributed by atoms with van der Waals surface area (Å²) < 4.78 is 11.5. The summed E-state index contributed by atoms with van der Waals surface area (Å²) in [4.78, 5) is 29.5. The van der Waals surface area contributed by atoms with Crippen LogP contribution >= 0.6 is 0 Å². The van der Waals surface area contributed by atoms with Crippen molar-refractivity contribution in [2.45, 2.75) is 31.5 Å². The quantitative estimate of drug-likeness (QED) is 0.468. The number of ether oxygens (including phenoxy) is 2. The SMILES string of the molecule is CCC(=O)OC1(c2ccccc2)C(Cc2cccc(OCC(=O)O)c2)=NOC1c1ccccc1. The molecule has 0 amide bonds. The molecule has 0 radical (unpaired) electrons. The van der Waals surface area contributed by atoms with Gasteiger partial charge in [-0.05, 0) is 23.3 Å². The number of carbonyl (C=O) groups is 2. The predicted molar refractivity (Wildman–Crippen MR) is 125 cm³/mol. The van der Waals surface area contributed by atoms with E-state index in [1.54, 1.807) is 25.1 Å². The molecule has 174 valence electrons. The van der Waals surface area contributed by atoms with Gasteiger partial charge in [-0.2, -0.15) is 0 Å². The summed E-state index contributed by atoms with van der Waals surface area (Å²) in [6.07, 6.45) is -0.172. The number of rotatable bonds is 9. The normalized spacial score (nSPS) is 19.1. The van der Waals surface area contributed by atoms with Crippen molar-refractivity contribution in [1.82, 2.24) is 0 Å². The average Bonchev–Trinajstić information content (AvgIpc) is 3.22. The third-order valence-corrected chi connectivity index (χ3v) is 5.57. The highest BCUT2D eigenvalue weighted by atomic mass is 16.7. The van der Waals surface area contributed by atoms with Gasteiger partial charge in [0.25, 0.3) is 0 Å². The molecule has 4 rings (SSSR count). The zero-order valence-electron chi connectivity index (χ0n) is 18.7. The Kier molecular flexibility index (Phi) is 6.92. The van der Waals surface area contributed by atoms with E-state index in [1.807, 2.05) is 66.7 Å². The molecule has 2 unspecified atom stereocenters. The Hall–Kier alpha value is -4.13. The predicted octanol–water partition coefficient (Wildman–Crippen LogP) is 4.67. The van der Waals surface area contributed by atoms with Crippen LogP contribution in [0.2, 0.25) is 0 Å². The number of hydrogen-bond donors (Lipinski definition) is 1. The van der Waals surface area contributed by atoms with Crippen LogP contribution < -0.4 is 4.74 Å². The Bertz CT molecular complexity index is 1180. The zero-order valence-corrected chi connectivity index (χ0v) is 18.7. The highest BCUT2D eigenvalue weighted by Crippen LogP contribution is 2.47. The lowest BCUT2D eigenvalue weighted by atomic mass is 9.79. The Labute approximate surface area is 197 Å². The molecule has 3 aromatic carbocycles. The second-order valence-electron chi connectivity index (χ2n) is 7.87. The Morgan fingerprint density at radius 1 is 1.00 bits per heavy atom. The van der Waals surface area contributed by atoms with Crippen molar-refractivity contribution in [3.8, 4) is 5.75 Å². The van der Waals surface area contributed by atoms with E-state index in [0.717, 1.165) is 16.7 Å². The maximum absolute atomic E-state index is 12.7. The third-order valence-electron chi connectivity index (χ3n) is 5.57. The molecule has 0 aromatic heterocycles. The fourth-order valence-electron chi connectivity index (χ4n) is 4.01. The van der Waals surface area contributed by atoms with Crippen molar-refractivity contribution in [3.05, 3.63) is 102 Å². The molecule has 1 heterocycles. The monoisotopic (exact) mass is 459 g/mol. The molecule has 7 nitrogen and oxygen atoms in total. The number of carboxylic acids is 1. The van der Waals surface area contributed by atoms with Gasteiger partial charge in [-0.3, -0.25) is 4.79 Å². The molecule has 34 heavy (non-hydrogen) atoms. The summed E-state index contributed by atoms with van der Waals surface area (Å²) in [5, 5.41) is 13.3.